The first-order valence-electron chi connectivity index (χ1n) is 15.3. The molecule has 1 amide bonds. The topological polar surface area (TPSA) is 88.8 Å². The lowest BCUT2D eigenvalue weighted by Gasteiger charge is -2.41. The first-order chi connectivity index (χ1) is 21.0. The molecule has 9 heteroatoms. The van der Waals surface area contributed by atoms with Gasteiger partial charge in [-0.3, -0.25) is 9.69 Å². The van der Waals surface area contributed by atoms with Crippen LogP contribution in [0.3, 0.4) is 0 Å². The highest BCUT2D eigenvalue weighted by Gasteiger charge is 2.37. The van der Waals surface area contributed by atoms with E-state index in [9.17, 15) is 10.1 Å². The number of nitrogens with zero attached hydrogens (tertiary/aromatic N) is 7. The Morgan fingerprint density at radius 3 is 2.77 bits per heavy atom. The van der Waals surface area contributed by atoms with Crippen molar-refractivity contribution in [3.05, 3.63) is 88.6 Å². The minimum atomic E-state index is -0.239. The fourth-order valence-electron chi connectivity index (χ4n) is 7.33. The SMILES string of the molecule is C=CC(=O)N1CCN(c2nc(Oc3cccc4c3CCN(C)C4)nc3c2CN(C2CCc4ccccc42)C3)C[C@@H]1CC#N. The molecule has 220 valence electrons. The van der Waals surface area contributed by atoms with E-state index in [2.05, 4.69) is 64.7 Å². The number of rotatable bonds is 6. The molecule has 0 radical (unpaired) electrons. The third kappa shape index (κ3) is 5.15. The van der Waals surface area contributed by atoms with Gasteiger partial charge in [0.05, 0.1) is 24.2 Å². The fraction of sp³-hybridized carbons (Fsp3) is 0.412. The van der Waals surface area contributed by atoms with Gasteiger partial charge < -0.3 is 19.4 Å². The number of carbonyl (C=O) groups excluding carboxylic acids is 1. The van der Waals surface area contributed by atoms with Crippen molar-refractivity contribution in [3.8, 4) is 17.8 Å². The van der Waals surface area contributed by atoms with Crippen LogP contribution in [0.4, 0.5) is 5.82 Å². The molecular weight excluding hydrogens is 538 g/mol. The fourth-order valence-corrected chi connectivity index (χ4v) is 7.33. The zero-order chi connectivity index (χ0) is 29.5. The van der Waals surface area contributed by atoms with Gasteiger partial charge in [-0.1, -0.05) is 43.0 Å². The second kappa shape index (κ2) is 11.4. The van der Waals surface area contributed by atoms with Crippen LogP contribution in [0.2, 0.25) is 0 Å². The zero-order valence-electron chi connectivity index (χ0n) is 24.7. The number of benzene rings is 2. The molecule has 4 heterocycles. The van der Waals surface area contributed by atoms with E-state index in [-0.39, 0.29) is 18.4 Å². The molecule has 2 aromatic carbocycles. The number of ether oxygens (including phenoxy) is 1. The minimum Gasteiger partial charge on any atom is -0.424 e. The Labute approximate surface area is 253 Å². The van der Waals surface area contributed by atoms with Gasteiger partial charge in [-0.05, 0) is 55.1 Å². The van der Waals surface area contributed by atoms with Crippen LogP contribution >= 0.6 is 0 Å². The first kappa shape index (κ1) is 27.6. The van der Waals surface area contributed by atoms with E-state index < -0.39 is 0 Å². The number of likely N-dealkylation sites (N-methyl/N-ethyl adjacent to an activating group) is 1. The molecule has 7 rings (SSSR count). The van der Waals surface area contributed by atoms with Crippen molar-refractivity contribution in [2.45, 2.75) is 57.4 Å². The number of amides is 1. The summed E-state index contributed by atoms with van der Waals surface area (Å²) in [6, 6.07) is 17.7. The summed E-state index contributed by atoms with van der Waals surface area (Å²) >= 11 is 0. The van der Waals surface area contributed by atoms with E-state index in [1.54, 1.807) is 4.90 Å². The molecule has 0 spiro atoms. The van der Waals surface area contributed by atoms with Crippen molar-refractivity contribution < 1.29 is 9.53 Å². The number of aryl methyl sites for hydroxylation is 1. The van der Waals surface area contributed by atoms with Crippen LogP contribution < -0.4 is 9.64 Å². The maximum atomic E-state index is 12.6. The summed E-state index contributed by atoms with van der Waals surface area (Å²) in [5.41, 5.74) is 7.46. The first-order valence-corrected chi connectivity index (χ1v) is 15.3. The number of nitriles is 1. The van der Waals surface area contributed by atoms with E-state index in [1.807, 2.05) is 12.1 Å². The molecule has 1 unspecified atom stereocenters. The highest BCUT2D eigenvalue weighted by Crippen LogP contribution is 2.42. The number of carbonyl (C=O) groups is 1. The average Bonchev–Trinajstić information content (AvgIpc) is 3.65. The molecule has 2 atom stereocenters. The molecule has 0 saturated carbocycles. The molecule has 1 fully saturated rings. The van der Waals surface area contributed by atoms with Crippen LogP contribution in [0, 0.1) is 11.3 Å². The van der Waals surface area contributed by atoms with Crippen LogP contribution in [0.5, 0.6) is 11.8 Å². The third-order valence-corrected chi connectivity index (χ3v) is 9.49. The Bertz CT molecular complexity index is 1610. The van der Waals surface area contributed by atoms with Gasteiger partial charge in [0.25, 0.3) is 0 Å². The summed E-state index contributed by atoms with van der Waals surface area (Å²) in [7, 11) is 2.14. The number of hydrogen-bond donors (Lipinski definition) is 0. The second-order valence-electron chi connectivity index (χ2n) is 12.1. The molecule has 1 aromatic heterocycles. The van der Waals surface area contributed by atoms with Crippen molar-refractivity contribution in [1.82, 2.24) is 24.7 Å². The summed E-state index contributed by atoms with van der Waals surface area (Å²) in [6.07, 6.45) is 4.69. The molecular formula is C34H37N7O2. The van der Waals surface area contributed by atoms with Crippen molar-refractivity contribution in [3.63, 3.8) is 0 Å². The maximum Gasteiger partial charge on any atom is 0.324 e. The van der Waals surface area contributed by atoms with Crippen LogP contribution in [0.15, 0.2) is 55.1 Å². The molecule has 1 saturated heterocycles. The number of aromatic nitrogens is 2. The summed E-state index contributed by atoms with van der Waals surface area (Å²) < 4.78 is 6.52. The normalized spacial score (nSPS) is 21.6. The molecule has 3 aliphatic heterocycles. The van der Waals surface area contributed by atoms with Crippen LogP contribution in [-0.2, 0) is 37.3 Å². The molecule has 4 aliphatic rings. The number of fused-ring (bicyclic) bond motifs is 3. The largest absolute Gasteiger partial charge is 0.424 e. The lowest BCUT2D eigenvalue weighted by Crippen LogP contribution is -2.55. The molecule has 0 bridgehead atoms. The third-order valence-electron chi connectivity index (χ3n) is 9.49. The Morgan fingerprint density at radius 2 is 1.91 bits per heavy atom. The summed E-state index contributed by atoms with van der Waals surface area (Å²) in [5, 5.41) is 9.57. The monoisotopic (exact) mass is 575 g/mol. The predicted molar refractivity (Wildman–Crippen MR) is 163 cm³/mol. The molecule has 9 nitrogen and oxygen atoms in total. The van der Waals surface area contributed by atoms with Crippen LogP contribution in [0.25, 0.3) is 0 Å². The molecule has 0 N–H and O–H groups in total. The summed E-state index contributed by atoms with van der Waals surface area (Å²) in [5.74, 6) is 1.54. The van der Waals surface area contributed by atoms with Gasteiger partial charge in [0, 0.05) is 63.0 Å². The highest BCUT2D eigenvalue weighted by molar-refractivity contribution is 5.87. The predicted octanol–water partition coefficient (Wildman–Crippen LogP) is 4.38. The minimum absolute atomic E-state index is 0.137. The Hall–Kier alpha value is -4.26. The smallest absolute Gasteiger partial charge is 0.324 e. The van der Waals surface area contributed by atoms with Gasteiger partial charge in [-0.25, -0.2) is 0 Å². The van der Waals surface area contributed by atoms with Gasteiger partial charge >= 0.3 is 6.01 Å². The van der Waals surface area contributed by atoms with Crippen molar-refractivity contribution in [1.29, 1.82) is 5.26 Å². The van der Waals surface area contributed by atoms with Gasteiger partial charge in [0.1, 0.15) is 11.6 Å². The zero-order valence-corrected chi connectivity index (χ0v) is 24.7. The molecule has 1 aliphatic carbocycles. The van der Waals surface area contributed by atoms with Crippen molar-refractivity contribution in [2.75, 3.05) is 38.1 Å². The second-order valence-corrected chi connectivity index (χ2v) is 12.1. The number of piperazine rings is 1. The van der Waals surface area contributed by atoms with Gasteiger partial charge in [-0.2, -0.15) is 15.2 Å². The van der Waals surface area contributed by atoms with Gasteiger partial charge in [0.15, 0.2) is 0 Å². The molecule has 3 aromatic rings. The lowest BCUT2D eigenvalue weighted by molar-refractivity contribution is -0.128. The number of hydrogen-bond acceptors (Lipinski definition) is 8. The summed E-state index contributed by atoms with van der Waals surface area (Å²) in [4.78, 5) is 31.5. The Kier molecular flexibility index (Phi) is 7.33. The average molecular weight is 576 g/mol. The highest BCUT2D eigenvalue weighted by atomic mass is 16.5. The van der Waals surface area contributed by atoms with Gasteiger partial charge in [-0.15, -0.1) is 0 Å². The quantitative estimate of drug-likeness (QED) is 0.401. The van der Waals surface area contributed by atoms with E-state index in [1.165, 1.54) is 28.3 Å². The summed E-state index contributed by atoms with van der Waals surface area (Å²) in [6.45, 7) is 8.68. The van der Waals surface area contributed by atoms with Crippen molar-refractivity contribution >= 4 is 11.7 Å². The molecule has 43 heavy (non-hydrogen) atoms. The number of anilines is 1. The Balaban J connectivity index is 1.24. The maximum absolute atomic E-state index is 12.6. The van der Waals surface area contributed by atoms with E-state index in [0.717, 1.165) is 68.3 Å². The van der Waals surface area contributed by atoms with Crippen LogP contribution in [0.1, 0.15) is 52.4 Å². The van der Waals surface area contributed by atoms with E-state index in [4.69, 9.17) is 14.7 Å². The Morgan fingerprint density at radius 1 is 1.05 bits per heavy atom. The van der Waals surface area contributed by atoms with Crippen LogP contribution in [-0.4, -0.2) is 69.8 Å². The standard InChI is InChI=1S/C34H37N7O2/c1-3-32(42)41-18-17-39(20-25(41)13-15-35)33-28-21-40(30-12-11-23-7-4-5-9-26(23)30)22-29(28)36-34(37-33)43-31-10-6-8-24-19-38(2)16-14-27(24)31/h3-10,25,30H,1,11-14,16-22H2,2H3/t25-,30?/m0/s1. The lowest BCUT2D eigenvalue weighted by atomic mass is 9.99. The van der Waals surface area contributed by atoms with Crippen molar-refractivity contribution in [2.24, 2.45) is 0 Å². The van der Waals surface area contributed by atoms with Gasteiger partial charge in [0.2, 0.25) is 5.91 Å². The van der Waals surface area contributed by atoms with E-state index in [0.29, 0.717) is 31.7 Å². The van der Waals surface area contributed by atoms with E-state index >= 15 is 0 Å².